The summed E-state index contributed by atoms with van der Waals surface area (Å²) in [6.45, 7) is 0.317. The standard InChI is InChI=1S/C26H21N3O3S/c30-26(29-22-11-4-3-10-20(22)21-14-15-27-17-24(21)29)23-12-6-16-28(23)33(31,32)25-13-5-8-18-7-1-2-9-19(18)25/h1-5,7-11,13-15,17,23H,6,12,16H2/t23-/m0/s1. The van der Waals surface area contributed by atoms with Gasteiger partial charge < -0.3 is 0 Å². The Labute approximate surface area is 191 Å². The Morgan fingerprint density at radius 3 is 2.45 bits per heavy atom. The third-order valence-corrected chi connectivity index (χ3v) is 8.49. The van der Waals surface area contributed by atoms with Crippen molar-refractivity contribution < 1.29 is 13.2 Å². The first kappa shape index (κ1) is 20.1. The van der Waals surface area contributed by atoms with E-state index in [1.54, 1.807) is 29.1 Å². The highest BCUT2D eigenvalue weighted by atomic mass is 32.2. The molecular formula is C26H21N3O3S. The van der Waals surface area contributed by atoms with Crippen LogP contribution < -0.4 is 0 Å². The number of sulfonamides is 1. The zero-order valence-corrected chi connectivity index (χ0v) is 18.6. The second kappa shape index (κ2) is 7.50. The average molecular weight is 456 g/mol. The van der Waals surface area contributed by atoms with Crippen LogP contribution in [0.25, 0.3) is 32.6 Å². The molecule has 5 aromatic rings. The van der Waals surface area contributed by atoms with Gasteiger partial charge in [-0.05, 0) is 36.4 Å². The van der Waals surface area contributed by atoms with Crippen LogP contribution in [0.4, 0.5) is 0 Å². The molecule has 0 bridgehead atoms. The molecule has 1 aliphatic heterocycles. The van der Waals surface area contributed by atoms with Gasteiger partial charge in [-0.25, -0.2) is 8.42 Å². The van der Waals surface area contributed by atoms with Crippen LogP contribution in [0.1, 0.15) is 17.6 Å². The van der Waals surface area contributed by atoms with E-state index in [-0.39, 0.29) is 10.8 Å². The molecule has 164 valence electrons. The molecule has 6 nitrogen and oxygen atoms in total. The normalized spacial score (nSPS) is 17.3. The number of benzene rings is 3. The summed E-state index contributed by atoms with van der Waals surface area (Å²) < 4.78 is 30.6. The van der Waals surface area contributed by atoms with Gasteiger partial charge in [-0.15, -0.1) is 0 Å². The molecule has 1 atom stereocenters. The molecule has 2 aromatic heterocycles. The van der Waals surface area contributed by atoms with Crippen LogP contribution in [0.15, 0.2) is 90.1 Å². The molecule has 3 aromatic carbocycles. The largest absolute Gasteiger partial charge is 0.277 e. The first-order valence-corrected chi connectivity index (χ1v) is 12.4. The number of hydrogen-bond acceptors (Lipinski definition) is 4. The number of pyridine rings is 1. The van der Waals surface area contributed by atoms with E-state index < -0.39 is 16.1 Å². The minimum atomic E-state index is -3.87. The molecular weight excluding hydrogens is 434 g/mol. The van der Waals surface area contributed by atoms with Crippen molar-refractivity contribution in [3.63, 3.8) is 0 Å². The average Bonchev–Trinajstić information content (AvgIpc) is 3.47. The van der Waals surface area contributed by atoms with Gasteiger partial charge in [0.2, 0.25) is 15.9 Å². The van der Waals surface area contributed by atoms with E-state index >= 15 is 0 Å². The summed E-state index contributed by atoms with van der Waals surface area (Å²) in [5.74, 6) is -0.240. The van der Waals surface area contributed by atoms with Crippen LogP contribution in [0.2, 0.25) is 0 Å². The minimum Gasteiger partial charge on any atom is -0.277 e. The van der Waals surface area contributed by atoms with Gasteiger partial charge in [0.15, 0.2) is 0 Å². The molecule has 0 unspecified atom stereocenters. The van der Waals surface area contributed by atoms with Gasteiger partial charge >= 0.3 is 0 Å². The number of rotatable bonds is 3. The lowest BCUT2D eigenvalue weighted by molar-refractivity contribution is 0.0843. The predicted molar refractivity (Wildman–Crippen MR) is 129 cm³/mol. The van der Waals surface area contributed by atoms with E-state index in [1.807, 2.05) is 60.7 Å². The van der Waals surface area contributed by atoms with Gasteiger partial charge in [0.25, 0.3) is 0 Å². The number of para-hydroxylation sites is 1. The summed E-state index contributed by atoms with van der Waals surface area (Å²) in [5, 5.41) is 3.40. The van der Waals surface area contributed by atoms with Gasteiger partial charge in [-0.2, -0.15) is 4.31 Å². The first-order chi connectivity index (χ1) is 16.1. The molecule has 0 radical (unpaired) electrons. The zero-order valence-electron chi connectivity index (χ0n) is 17.8. The molecule has 3 heterocycles. The number of hydrogen-bond donors (Lipinski definition) is 0. The summed E-state index contributed by atoms with van der Waals surface area (Å²) in [6.07, 6.45) is 4.50. The van der Waals surface area contributed by atoms with E-state index in [2.05, 4.69) is 4.98 Å². The minimum absolute atomic E-state index is 0.240. The monoisotopic (exact) mass is 455 g/mol. The number of carbonyl (C=O) groups is 1. The third-order valence-electron chi connectivity index (χ3n) is 6.52. The fourth-order valence-electron chi connectivity index (χ4n) is 5.03. The number of aromatic nitrogens is 2. The lowest BCUT2D eigenvalue weighted by atomic mass is 10.1. The number of fused-ring (bicyclic) bond motifs is 4. The molecule has 0 aliphatic carbocycles. The highest BCUT2D eigenvalue weighted by Crippen LogP contribution is 2.34. The van der Waals surface area contributed by atoms with E-state index in [9.17, 15) is 13.2 Å². The molecule has 6 rings (SSSR count). The Kier molecular flexibility index (Phi) is 4.57. The van der Waals surface area contributed by atoms with Gasteiger partial charge in [-0.3, -0.25) is 14.3 Å². The molecule has 0 amide bonds. The Bertz CT molecular complexity index is 1600. The van der Waals surface area contributed by atoms with E-state index in [0.717, 1.165) is 21.7 Å². The first-order valence-electron chi connectivity index (χ1n) is 10.9. The smallest absolute Gasteiger partial charge is 0.250 e. The lowest BCUT2D eigenvalue weighted by Crippen LogP contribution is -2.42. The molecule has 0 N–H and O–H groups in total. The molecule has 7 heteroatoms. The topological polar surface area (TPSA) is 72.3 Å². The number of carbonyl (C=O) groups excluding carboxylic acids is 1. The Hall–Kier alpha value is -3.55. The third kappa shape index (κ3) is 3.00. The van der Waals surface area contributed by atoms with Crippen molar-refractivity contribution >= 4 is 48.5 Å². The van der Waals surface area contributed by atoms with E-state index in [1.165, 1.54) is 4.31 Å². The Balaban J connectivity index is 1.49. The van der Waals surface area contributed by atoms with Crippen LogP contribution >= 0.6 is 0 Å². The van der Waals surface area contributed by atoms with Gasteiger partial charge in [0.1, 0.15) is 6.04 Å². The van der Waals surface area contributed by atoms with E-state index in [4.69, 9.17) is 0 Å². The maximum Gasteiger partial charge on any atom is 0.250 e. The Morgan fingerprint density at radius 2 is 1.58 bits per heavy atom. The summed E-state index contributed by atoms with van der Waals surface area (Å²) >= 11 is 0. The maximum atomic E-state index is 13.9. The number of nitrogens with zero attached hydrogens (tertiary/aromatic N) is 3. The highest BCUT2D eigenvalue weighted by molar-refractivity contribution is 7.89. The van der Waals surface area contributed by atoms with Crippen LogP contribution in [-0.2, 0) is 10.0 Å². The van der Waals surface area contributed by atoms with Crippen molar-refractivity contribution in [2.45, 2.75) is 23.8 Å². The summed E-state index contributed by atoms with van der Waals surface area (Å²) in [5.41, 5.74) is 1.46. The summed E-state index contributed by atoms with van der Waals surface area (Å²) in [4.78, 5) is 18.4. The van der Waals surface area contributed by atoms with Crippen LogP contribution in [0, 0.1) is 0 Å². The van der Waals surface area contributed by atoms with Crippen molar-refractivity contribution in [1.29, 1.82) is 0 Å². The second-order valence-corrected chi connectivity index (χ2v) is 10.2. The van der Waals surface area contributed by atoms with Crippen molar-refractivity contribution in [3.05, 3.63) is 85.2 Å². The van der Waals surface area contributed by atoms with Crippen LogP contribution in [-0.4, -0.2) is 40.8 Å². The second-order valence-electron chi connectivity index (χ2n) is 8.33. The molecule has 0 spiro atoms. The van der Waals surface area contributed by atoms with Crippen LogP contribution in [0.3, 0.4) is 0 Å². The molecule has 1 fully saturated rings. The quantitative estimate of drug-likeness (QED) is 0.390. The lowest BCUT2D eigenvalue weighted by Gasteiger charge is -2.24. The molecule has 33 heavy (non-hydrogen) atoms. The molecule has 1 saturated heterocycles. The van der Waals surface area contributed by atoms with Gasteiger partial charge in [0, 0.05) is 28.9 Å². The maximum absolute atomic E-state index is 13.9. The summed E-state index contributed by atoms with van der Waals surface area (Å²) in [7, 11) is -3.87. The zero-order chi connectivity index (χ0) is 22.6. The fourth-order valence-corrected chi connectivity index (χ4v) is 6.89. The molecule has 0 saturated carbocycles. The van der Waals surface area contributed by atoms with Crippen molar-refractivity contribution in [3.8, 4) is 0 Å². The summed E-state index contributed by atoms with van der Waals surface area (Å²) in [6, 6.07) is 21.5. The van der Waals surface area contributed by atoms with E-state index in [0.29, 0.717) is 30.3 Å². The van der Waals surface area contributed by atoms with Crippen molar-refractivity contribution in [1.82, 2.24) is 13.9 Å². The Morgan fingerprint density at radius 1 is 0.848 bits per heavy atom. The van der Waals surface area contributed by atoms with Crippen molar-refractivity contribution in [2.24, 2.45) is 0 Å². The molecule has 1 aliphatic rings. The predicted octanol–water partition coefficient (Wildman–Crippen LogP) is 4.84. The highest BCUT2D eigenvalue weighted by Gasteiger charge is 2.41. The van der Waals surface area contributed by atoms with Gasteiger partial charge in [-0.1, -0.05) is 54.6 Å². The SMILES string of the molecule is O=C([C@@H]1CCCN1S(=O)(=O)c1cccc2ccccc12)n1c2ccccc2c2ccncc21. The van der Waals surface area contributed by atoms with Crippen LogP contribution in [0.5, 0.6) is 0 Å². The fraction of sp³-hybridized carbons (Fsp3) is 0.154. The van der Waals surface area contributed by atoms with Gasteiger partial charge in [0.05, 0.1) is 22.1 Å². The van der Waals surface area contributed by atoms with Crippen molar-refractivity contribution in [2.75, 3.05) is 6.54 Å².